The van der Waals surface area contributed by atoms with Crippen LogP contribution in [0.2, 0.25) is 0 Å². The number of nitrogens with zero attached hydrogens (tertiary/aromatic N) is 1. The summed E-state index contributed by atoms with van der Waals surface area (Å²) in [5, 5.41) is 8.89. The van der Waals surface area contributed by atoms with Crippen molar-refractivity contribution < 1.29 is 9.59 Å². The third kappa shape index (κ3) is 5.95. The average Bonchev–Trinajstić information content (AvgIpc) is 3.40. The van der Waals surface area contributed by atoms with Crippen molar-refractivity contribution >= 4 is 34.1 Å². The van der Waals surface area contributed by atoms with Crippen molar-refractivity contribution in [2.24, 2.45) is 0 Å². The molecule has 0 spiro atoms. The van der Waals surface area contributed by atoms with Gasteiger partial charge >= 0.3 is 0 Å². The summed E-state index contributed by atoms with van der Waals surface area (Å²) in [5.41, 5.74) is 2.03. The molecule has 0 bridgehead atoms. The molecule has 3 aromatic rings. The maximum atomic E-state index is 13.1. The van der Waals surface area contributed by atoms with Crippen molar-refractivity contribution in [1.82, 2.24) is 20.5 Å². The van der Waals surface area contributed by atoms with Gasteiger partial charge in [0.15, 0.2) is 0 Å². The number of hydrogen-bond acceptors (Lipinski definition) is 4. The standard InChI is InChI=1S/C24H32N4O2S/c1-16(2)28(17(3)4)12-11-25-23(29)21(27-24(30)22-10-7-13-31-22)14-18-15-26-20-9-6-5-8-19(18)20/h5-10,13,15-17,21,26H,11-12,14H2,1-4H3,(H,25,29)(H,27,30). The van der Waals surface area contributed by atoms with Gasteiger partial charge in [-0.15, -0.1) is 11.3 Å². The Bertz CT molecular complexity index is 986. The number of thiophene rings is 1. The molecule has 0 aliphatic heterocycles. The number of aromatic nitrogens is 1. The topological polar surface area (TPSA) is 77.2 Å². The summed E-state index contributed by atoms with van der Waals surface area (Å²) >= 11 is 1.37. The molecule has 3 rings (SSSR count). The third-order valence-corrected chi connectivity index (χ3v) is 6.33. The predicted octanol–water partition coefficient (Wildman–Crippen LogP) is 3.81. The van der Waals surface area contributed by atoms with Crippen LogP contribution in [0.25, 0.3) is 10.9 Å². The second-order valence-corrected chi connectivity index (χ2v) is 9.23. The number of amides is 2. The summed E-state index contributed by atoms with van der Waals surface area (Å²) in [6.45, 7) is 9.92. The maximum absolute atomic E-state index is 13.1. The first-order valence-electron chi connectivity index (χ1n) is 10.8. The molecule has 1 unspecified atom stereocenters. The molecule has 1 atom stereocenters. The number of fused-ring (bicyclic) bond motifs is 1. The molecule has 2 aromatic heterocycles. The van der Waals surface area contributed by atoms with E-state index in [0.717, 1.165) is 23.0 Å². The fraction of sp³-hybridized carbons (Fsp3) is 0.417. The highest BCUT2D eigenvalue weighted by Gasteiger charge is 2.24. The van der Waals surface area contributed by atoms with Gasteiger partial charge in [-0.05, 0) is 50.8 Å². The molecule has 0 saturated heterocycles. The highest BCUT2D eigenvalue weighted by Crippen LogP contribution is 2.19. The van der Waals surface area contributed by atoms with Gasteiger partial charge in [-0.3, -0.25) is 14.5 Å². The number of H-pyrrole nitrogens is 1. The monoisotopic (exact) mass is 440 g/mol. The second-order valence-electron chi connectivity index (χ2n) is 8.28. The second kappa shape index (κ2) is 10.6. The maximum Gasteiger partial charge on any atom is 0.262 e. The largest absolute Gasteiger partial charge is 0.361 e. The van der Waals surface area contributed by atoms with Crippen LogP contribution < -0.4 is 10.6 Å². The van der Waals surface area contributed by atoms with Crippen LogP contribution in [0.1, 0.15) is 42.9 Å². The van der Waals surface area contributed by atoms with E-state index in [-0.39, 0.29) is 11.8 Å². The van der Waals surface area contributed by atoms with Gasteiger partial charge < -0.3 is 15.6 Å². The molecule has 0 radical (unpaired) electrons. The first-order chi connectivity index (χ1) is 14.9. The van der Waals surface area contributed by atoms with Crippen LogP contribution in [0.15, 0.2) is 48.0 Å². The number of benzene rings is 1. The number of aromatic amines is 1. The molecule has 6 nitrogen and oxygen atoms in total. The minimum atomic E-state index is -0.652. The SMILES string of the molecule is CC(C)N(CCNC(=O)C(Cc1c[nH]c2ccccc12)NC(=O)c1cccs1)C(C)C. The molecule has 0 aliphatic carbocycles. The van der Waals surface area contributed by atoms with Gasteiger partial charge in [0.2, 0.25) is 5.91 Å². The number of carbonyl (C=O) groups excluding carboxylic acids is 2. The van der Waals surface area contributed by atoms with Crippen LogP contribution in [0.3, 0.4) is 0 Å². The van der Waals surface area contributed by atoms with Gasteiger partial charge in [-0.1, -0.05) is 24.3 Å². The number of nitrogens with one attached hydrogen (secondary N) is 3. The lowest BCUT2D eigenvalue weighted by Gasteiger charge is -2.30. The van der Waals surface area contributed by atoms with E-state index in [0.29, 0.717) is 29.9 Å². The van der Waals surface area contributed by atoms with E-state index in [1.807, 2.05) is 41.9 Å². The van der Waals surface area contributed by atoms with E-state index >= 15 is 0 Å². The zero-order chi connectivity index (χ0) is 22.4. The van der Waals surface area contributed by atoms with Crippen LogP contribution in [0.5, 0.6) is 0 Å². The summed E-state index contributed by atoms with van der Waals surface area (Å²) < 4.78 is 0. The molecule has 3 N–H and O–H groups in total. The number of rotatable bonds is 10. The van der Waals surface area contributed by atoms with E-state index in [9.17, 15) is 9.59 Å². The first kappa shape index (κ1) is 23.0. The van der Waals surface area contributed by atoms with Gasteiger partial charge in [-0.25, -0.2) is 0 Å². The highest BCUT2D eigenvalue weighted by molar-refractivity contribution is 7.12. The van der Waals surface area contributed by atoms with Crippen molar-refractivity contribution in [3.8, 4) is 0 Å². The molecule has 166 valence electrons. The Morgan fingerprint density at radius 1 is 1.06 bits per heavy atom. The van der Waals surface area contributed by atoms with Gasteiger partial charge in [0, 0.05) is 48.7 Å². The van der Waals surface area contributed by atoms with E-state index in [2.05, 4.69) is 48.2 Å². The van der Waals surface area contributed by atoms with E-state index in [4.69, 9.17) is 0 Å². The van der Waals surface area contributed by atoms with Gasteiger partial charge in [0.1, 0.15) is 6.04 Å². The van der Waals surface area contributed by atoms with Crippen molar-refractivity contribution in [1.29, 1.82) is 0 Å². The van der Waals surface area contributed by atoms with E-state index in [1.165, 1.54) is 11.3 Å². The molecular weight excluding hydrogens is 408 g/mol. The molecule has 2 heterocycles. The normalized spacial score (nSPS) is 12.6. The van der Waals surface area contributed by atoms with Crippen LogP contribution in [-0.4, -0.2) is 52.9 Å². The molecule has 0 saturated carbocycles. The fourth-order valence-corrected chi connectivity index (χ4v) is 4.54. The van der Waals surface area contributed by atoms with Crippen molar-refractivity contribution in [3.05, 3.63) is 58.4 Å². The fourth-order valence-electron chi connectivity index (χ4n) is 3.91. The first-order valence-corrected chi connectivity index (χ1v) is 11.7. The van der Waals surface area contributed by atoms with Gasteiger partial charge in [0.05, 0.1) is 4.88 Å². The summed E-state index contributed by atoms with van der Waals surface area (Å²) in [4.78, 5) is 31.9. The number of para-hydroxylation sites is 1. The summed E-state index contributed by atoms with van der Waals surface area (Å²) in [5.74, 6) is -0.386. The highest BCUT2D eigenvalue weighted by atomic mass is 32.1. The average molecular weight is 441 g/mol. The summed E-state index contributed by atoms with van der Waals surface area (Å²) in [6, 6.07) is 11.7. The number of hydrogen-bond donors (Lipinski definition) is 3. The van der Waals surface area contributed by atoms with E-state index in [1.54, 1.807) is 6.07 Å². The molecule has 0 fully saturated rings. The quantitative estimate of drug-likeness (QED) is 0.449. The molecule has 31 heavy (non-hydrogen) atoms. The van der Waals surface area contributed by atoms with Gasteiger partial charge in [-0.2, -0.15) is 0 Å². The van der Waals surface area contributed by atoms with Gasteiger partial charge in [0.25, 0.3) is 5.91 Å². The minimum Gasteiger partial charge on any atom is -0.361 e. The lowest BCUT2D eigenvalue weighted by Crippen LogP contribution is -2.50. The predicted molar refractivity (Wildman–Crippen MR) is 128 cm³/mol. The third-order valence-electron chi connectivity index (χ3n) is 5.46. The van der Waals surface area contributed by atoms with Crippen LogP contribution in [0.4, 0.5) is 0 Å². The summed E-state index contributed by atoms with van der Waals surface area (Å²) in [7, 11) is 0. The zero-order valence-electron chi connectivity index (χ0n) is 18.6. The number of carbonyl (C=O) groups is 2. The Morgan fingerprint density at radius 3 is 2.48 bits per heavy atom. The smallest absolute Gasteiger partial charge is 0.262 e. The minimum absolute atomic E-state index is 0.164. The van der Waals surface area contributed by atoms with Crippen molar-refractivity contribution in [2.75, 3.05) is 13.1 Å². The zero-order valence-corrected chi connectivity index (χ0v) is 19.5. The molecule has 7 heteroatoms. The van der Waals surface area contributed by atoms with Crippen molar-refractivity contribution in [3.63, 3.8) is 0 Å². The Morgan fingerprint density at radius 2 is 1.81 bits per heavy atom. The summed E-state index contributed by atoms with van der Waals surface area (Å²) in [6.07, 6.45) is 2.34. The van der Waals surface area contributed by atoms with Crippen LogP contribution >= 0.6 is 11.3 Å². The molecule has 2 amide bonds. The van der Waals surface area contributed by atoms with E-state index < -0.39 is 6.04 Å². The Labute approximate surface area is 188 Å². The lowest BCUT2D eigenvalue weighted by atomic mass is 10.0. The van der Waals surface area contributed by atoms with Crippen LogP contribution in [-0.2, 0) is 11.2 Å². The Balaban J connectivity index is 1.71. The molecule has 1 aromatic carbocycles. The molecule has 0 aliphatic rings. The molecular formula is C24H32N4O2S. The Kier molecular flexibility index (Phi) is 7.87. The van der Waals surface area contributed by atoms with Crippen LogP contribution in [0, 0.1) is 0 Å². The Hall–Kier alpha value is -2.64. The van der Waals surface area contributed by atoms with Crippen molar-refractivity contribution in [2.45, 2.75) is 52.2 Å². The lowest BCUT2D eigenvalue weighted by molar-refractivity contribution is -0.123.